The van der Waals surface area contributed by atoms with Crippen molar-refractivity contribution in [3.63, 3.8) is 0 Å². The van der Waals surface area contributed by atoms with Gasteiger partial charge in [-0.25, -0.2) is 0 Å². The molecule has 0 saturated carbocycles. The molecule has 0 N–H and O–H groups in total. The second kappa shape index (κ2) is 7.74. The molecule has 0 aromatic carbocycles. The third-order valence-corrected chi connectivity index (χ3v) is 5.24. The van der Waals surface area contributed by atoms with Crippen LogP contribution in [0.25, 0.3) is 0 Å². The van der Waals surface area contributed by atoms with Crippen LogP contribution in [0.2, 0.25) is 0 Å². The molecule has 2 rings (SSSR count). The molecule has 1 aliphatic rings. The van der Waals surface area contributed by atoms with Gasteiger partial charge in [0.25, 0.3) is 0 Å². The highest BCUT2D eigenvalue weighted by Crippen LogP contribution is 2.22. The summed E-state index contributed by atoms with van der Waals surface area (Å²) in [5.74, 6) is 0.368. The van der Waals surface area contributed by atoms with Crippen LogP contribution in [0.3, 0.4) is 0 Å². The Bertz CT molecular complexity index is 506. The Kier molecular flexibility index (Phi) is 5.98. The number of aryl methyl sites for hydroxylation is 1. The zero-order valence-corrected chi connectivity index (χ0v) is 14.0. The van der Waals surface area contributed by atoms with Crippen LogP contribution in [-0.4, -0.2) is 63.7 Å². The molecule has 6 nitrogen and oxygen atoms in total. The molecule has 0 radical (unpaired) electrons. The van der Waals surface area contributed by atoms with E-state index in [2.05, 4.69) is 17.1 Å². The number of thioether (sulfide) groups is 1. The van der Waals surface area contributed by atoms with E-state index in [9.17, 15) is 9.59 Å². The number of aromatic nitrogens is 2. The minimum atomic E-state index is -0.00338. The van der Waals surface area contributed by atoms with Gasteiger partial charge in [0.2, 0.25) is 11.8 Å². The first kappa shape index (κ1) is 16.2. The Labute approximate surface area is 132 Å². The lowest BCUT2D eigenvalue weighted by Crippen LogP contribution is -2.52. The molecule has 8 heteroatoms. The molecule has 1 saturated heterocycles. The summed E-state index contributed by atoms with van der Waals surface area (Å²) in [5, 5.41) is 8.79. The van der Waals surface area contributed by atoms with E-state index in [1.807, 2.05) is 11.8 Å². The lowest BCUT2D eigenvalue weighted by molar-refractivity contribution is -0.143. The highest BCUT2D eigenvalue weighted by Gasteiger charge is 2.26. The van der Waals surface area contributed by atoms with Crippen LogP contribution in [0.15, 0.2) is 4.34 Å². The first-order chi connectivity index (χ1) is 10.1. The van der Waals surface area contributed by atoms with E-state index in [0.717, 1.165) is 28.7 Å². The van der Waals surface area contributed by atoms with Crippen molar-refractivity contribution in [2.24, 2.45) is 0 Å². The molecule has 0 spiro atoms. The van der Waals surface area contributed by atoms with Crippen LogP contribution in [0.5, 0.6) is 0 Å². The predicted octanol–water partition coefficient (Wildman–Crippen LogP) is 1.41. The molecule has 0 bridgehead atoms. The molecule has 2 amide bonds. The monoisotopic (exact) mass is 328 g/mol. The van der Waals surface area contributed by atoms with Gasteiger partial charge in [-0.3, -0.25) is 9.59 Å². The van der Waals surface area contributed by atoms with E-state index in [4.69, 9.17) is 0 Å². The molecule has 1 aromatic rings. The molecule has 21 heavy (non-hydrogen) atoms. The van der Waals surface area contributed by atoms with Gasteiger partial charge in [-0.15, -0.1) is 10.2 Å². The minimum absolute atomic E-state index is 0.00338. The molecule has 116 valence electrons. The maximum Gasteiger partial charge on any atom is 0.242 e. The van der Waals surface area contributed by atoms with Crippen LogP contribution >= 0.6 is 23.1 Å². The van der Waals surface area contributed by atoms with Crippen molar-refractivity contribution in [3.05, 3.63) is 5.01 Å². The molecule has 1 aromatic heterocycles. The fourth-order valence-corrected chi connectivity index (χ4v) is 3.78. The first-order valence-electron chi connectivity index (χ1n) is 7.08. The van der Waals surface area contributed by atoms with Gasteiger partial charge < -0.3 is 9.80 Å². The van der Waals surface area contributed by atoms with Crippen molar-refractivity contribution in [2.45, 2.75) is 31.0 Å². The van der Waals surface area contributed by atoms with E-state index in [0.29, 0.717) is 18.8 Å². The number of nitrogens with zero attached hydrogens (tertiary/aromatic N) is 4. The summed E-state index contributed by atoms with van der Waals surface area (Å²) in [5.41, 5.74) is 0. The minimum Gasteiger partial charge on any atom is -0.339 e. The van der Waals surface area contributed by atoms with Gasteiger partial charge in [0.05, 0.1) is 12.3 Å². The Morgan fingerprint density at radius 3 is 2.81 bits per heavy atom. The third kappa shape index (κ3) is 4.67. The highest BCUT2D eigenvalue weighted by molar-refractivity contribution is 8.01. The van der Waals surface area contributed by atoms with E-state index in [1.54, 1.807) is 4.90 Å². The number of hydrogen-bond acceptors (Lipinski definition) is 6. The molecule has 0 aliphatic carbocycles. The molecule has 1 fully saturated rings. The average Bonchev–Trinajstić information content (AvgIpc) is 2.89. The summed E-state index contributed by atoms with van der Waals surface area (Å²) >= 11 is 2.87. The van der Waals surface area contributed by atoms with Gasteiger partial charge in [-0.05, 0) is 13.3 Å². The van der Waals surface area contributed by atoms with Crippen molar-refractivity contribution >= 4 is 34.9 Å². The maximum absolute atomic E-state index is 12.1. The zero-order chi connectivity index (χ0) is 15.2. The van der Waals surface area contributed by atoms with Gasteiger partial charge in [0.15, 0.2) is 4.34 Å². The highest BCUT2D eigenvalue weighted by atomic mass is 32.2. The SMILES string of the molecule is CCCCN1CCN(C(=O)CSc2nnc(C)s2)CC1=O. The molecule has 2 heterocycles. The average molecular weight is 328 g/mol. The van der Waals surface area contributed by atoms with Gasteiger partial charge in [-0.2, -0.15) is 0 Å². The summed E-state index contributed by atoms with van der Waals surface area (Å²) in [6.07, 6.45) is 2.09. The lowest BCUT2D eigenvalue weighted by atomic mass is 10.2. The standard InChI is InChI=1S/C13H20N4O2S2/c1-3-4-5-16-6-7-17(8-11(16)18)12(19)9-20-13-15-14-10(2)21-13/h3-9H2,1-2H3. The Hall–Kier alpha value is -1.15. The summed E-state index contributed by atoms with van der Waals surface area (Å²) in [7, 11) is 0. The maximum atomic E-state index is 12.1. The molecular formula is C13H20N4O2S2. The number of piperazine rings is 1. The number of carbonyl (C=O) groups is 2. The van der Waals surface area contributed by atoms with Crippen molar-refractivity contribution in [3.8, 4) is 0 Å². The largest absolute Gasteiger partial charge is 0.339 e. The quantitative estimate of drug-likeness (QED) is 0.739. The number of rotatable bonds is 6. The van der Waals surface area contributed by atoms with Crippen molar-refractivity contribution in [2.75, 3.05) is 31.9 Å². The second-order valence-electron chi connectivity index (χ2n) is 4.93. The summed E-state index contributed by atoms with van der Waals surface area (Å²) in [6, 6.07) is 0. The Morgan fingerprint density at radius 2 is 2.19 bits per heavy atom. The summed E-state index contributed by atoms with van der Waals surface area (Å²) in [4.78, 5) is 27.6. The smallest absolute Gasteiger partial charge is 0.242 e. The summed E-state index contributed by atoms with van der Waals surface area (Å²) < 4.78 is 0.800. The number of hydrogen-bond donors (Lipinski definition) is 0. The second-order valence-corrected chi connectivity index (χ2v) is 7.33. The van der Waals surface area contributed by atoms with E-state index in [-0.39, 0.29) is 18.4 Å². The zero-order valence-electron chi connectivity index (χ0n) is 12.4. The molecule has 1 aliphatic heterocycles. The van der Waals surface area contributed by atoms with Gasteiger partial charge in [0.1, 0.15) is 5.01 Å². The molecule has 0 atom stereocenters. The number of amides is 2. The van der Waals surface area contributed by atoms with Crippen LogP contribution in [-0.2, 0) is 9.59 Å². The van der Waals surface area contributed by atoms with Crippen molar-refractivity contribution < 1.29 is 9.59 Å². The van der Waals surface area contributed by atoms with Crippen LogP contribution in [0.1, 0.15) is 24.8 Å². The normalized spacial score (nSPS) is 15.6. The number of unbranched alkanes of at least 4 members (excludes halogenated alkanes) is 1. The Morgan fingerprint density at radius 1 is 1.38 bits per heavy atom. The van der Waals surface area contributed by atoms with Crippen LogP contribution < -0.4 is 0 Å². The molecular weight excluding hydrogens is 308 g/mol. The van der Waals surface area contributed by atoms with E-state index >= 15 is 0 Å². The van der Waals surface area contributed by atoms with Gasteiger partial charge in [0, 0.05) is 19.6 Å². The van der Waals surface area contributed by atoms with Crippen molar-refractivity contribution in [1.82, 2.24) is 20.0 Å². The predicted molar refractivity (Wildman–Crippen MR) is 83.4 cm³/mol. The Balaban J connectivity index is 1.77. The fraction of sp³-hybridized carbons (Fsp3) is 0.692. The topological polar surface area (TPSA) is 66.4 Å². The third-order valence-electron chi connectivity index (χ3n) is 3.28. The fourth-order valence-electron chi connectivity index (χ4n) is 2.06. The first-order valence-corrected chi connectivity index (χ1v) is 8.88. The number of carbonyl (C=O) groups excluding carboxylic acids is 2. The summed E-state index contributed by atoms with van der Waals surface area (Å²) in [6.45, 7) is 6.28. The van der Waals surface area contributed by atoms with Gasteiger partial charge in [-0.1, -0.05) is 36.4 Å². The van der Waals surface area contributed by atoms with Gasteiger partial charge >= 0.3 is 0 Å². The molecule has 0 unspecified atom stereocenters. The van der Waals surface area contributed by atoms with Crippen LogP contribution in [0, 0.1) is 6.92 Å². The van der Waals surface area contributed by atoms with Crippen LogP contribution in [0.4, 0.5) is 0 Å². The van der Waals surface area contributed by atoms with Crippen molar-refractivity contribution in [1.29, 1.82) is 0 Å². The van der Waals surface area contributed by atoms with E-state index in [1.165, 1.54) is 23.1 Å². The van der Waals surface area contributed by atoms with E-state index < -0.39 is 0 Å². The lowest BCUT2D eigenvalue weighted by Gasteiger charge is -2.34.